The number of hydrogen-bond acceptors (Lipinski definition) is 2. The fourth-order valence-corrected chi connectivity index (χ4v) is 1.99. The third kappa shape index (κ3) is 2.56. The minimum atomic E-state index is -0.0610. The standard InChI is InChI=1S/C13H12ClNO2/c14-12-6-7-15(8-11(12)9-16)13(17)10-4-2-1-3-5-10/h1-5,9H,6-8H2. The van der Waals surface area contributed by atoms with E-state index in [9.17, 15) is 9.59 Å². The van der Waals surface area contributed by atoms with Crippen LogP contribution in [0.3, 0.4) is 0 Å². The Morgan fingerprint density at radius 2 is 2.00 bits per heavy atom. The van der Waals surface area contributed by atoms with Crippen molar-refractivity contribution in [2.75, 3.05) is 13.1 Å². The predicted octanol–water partition coefficient (Wildman–Crippen LogP) is 2.22. The van der Waals surface area contributed by atoms with Gasteiger partial charge in [-0.15, -0.1) is 0 Å². The van der Waals surface area contributed by atoms with Crippen LogP contribution in [-0.4, -0.2) is 30.2 Å². The van der Waals surface area contributed by atoms with Crippen molar-refractivity contribution < 1.29 is 9.59 Å². The first-order valence-electron chi connectivity index (χ1n) is 5.39. The maximum absolute atomic E-state index is 12.1. The number of benzene rings is 1. The Bertz CT molecular complexity index is 468. The molecule has 0 spiro atoms. The zero-order valence-electron chi connectivity index (χ0n) is 9.23. The summed E-state index contributed by atoms with van der Waals surface area (Å²) in [5.41, 5.74) is 1.14. The second-order valence-corrected chi connectivity index (χ2v) is 4.35. The van der Waals surface area contributed by atoms with Crippen LogP contribution in [0.1, 0.15) is 16.8 Å². The smallest absolute Gasteiger partial charge is 0.254 e. The molecule has 0 bridgehead atoms. The molecule has 0 atom stereocenters. The molecule has 0 saturated carbocycles. The van der Waals surface area contributed by atoms with Crippen LogP contribution in [0.25, 0.3) is 0 Å². The van der Waals surface area contributed by atoms with Gasteiger partial charge in [-0.1, -0.05) is 29.8 Å². The van der Waals surface area contributed by atoms with E-state index in [1.165, 1.54) is 0 Å². The van der Waals surface area contributed by atoms with E-state index in [0.29, 0.717) is 35.7 Å². The molecule has 0 radical (unpaired) electrons. The predicted molar refractivity (Wildman–Crippen MR) is 65.9 cm³/mol. The van der Waals surface area contributed by atoms with Gasteiger partial charge in [0, 0.05) is 29.1 Å². The van der Waals surface area contributed by atoms with Crippen LogP contribution in [0, 0.1) is 0 Å². The number of amides is 1. The Morgan fingerprint density at radius 1 is 1.29 bits per heavy atom. The summed E-state index contributed by atoms with van der Waals surface area (Å²) >= 11 is 5.91. The molecule has 17 heavy (non-hydrogen) atoms. The van der Waals surface area contributed by atoms with Crippen molar-refractivity contribution in [3.63, 3.8) is 0 Å². The molecule has 1 aliphatic heterocycles. The molecule has 3 nitrogen and oxygen atoms in total. The number of hydrogen-bond donors (Lipinski definition) is 0. The molecule has 1 aliphatic rings. The molecular formula is C13H12ClNO2. The van der Waals surface area contributed by atoms with E-state index in [-0.39, 0.29) is 5.91 Å². The van der Waals surface area contributed by atoms with Gasteiger partial charge in [0.15, 0.2) is 0 Å². The molecule has 1 aromatic carbocycles. The highest BCUT2D eigenvalue weighted by atomic mass is 35.5. The highest BCUT2D eigenvalue weighted by Gasteiger charge is 2.22. The number of halogens is 1. The molecule has 0 fully saturated rings. The third-order valence-electron chi connectivity index (χ3n) is 2.76. The topological polar surface area (TPSA) is 37.4 Å². The summed E-state index contributed by atoms with van der Waals surface area (Å²) in [5.74, 6) is -0.0610. The van der Waals surface area contributed by atoms with Crippen LogP contribution in [0.5, 0.6) is 0 Å². The lowest BCUT2D eigenvalue weighted by atomic mass is 10.1. The van der Waals surface area contributed by atoms with Crippen molar-refractivity contribution in [1.29, 1.82) is 0 Å². The number of carbonyl (C=O) groups excluding carboxylic acids is 2. The van der Waals surface area contributed by atoms with Crippen molar-refractivity contribution in [3.05, 3.63) is 46.5 Å². The van der Waals surface area contributed by atoms with E-state index < -0.39 is 0 Å². The second-order valence-electron chi connectivity index (χ2n) is 3.89. The SMILES string of the molecule is O=CC1=C(Cl)CCN(C(=O)c2ccccc2)C1. The van der Waals surface area contributed by atoms with E-state index in [2.05, 4.69) is 0 Å². The highest BCUT2D eigenvalue weighted by molar-refractivity contribution is 6.31. The van der Waals surface area contributed by atoms with Gasteiger partial charge in [0.1, 0.15) is 6.29 Å². The molecule has 0 aromatic heterocycles. The lowest BCUT2D eigenvalue weighted by molar-refractivity contribution is -0.105. The Labute approximate surface area is 105 Å². The van der Waals surface area contributed by atoms with Gasteiger partial charge in [0.2, 0.25) is 0 Å². The van der Waals surface area contributed by atoms with E-state index in [1.807, 2.05) is 18.2 Å². The van der Waals surface area contributed by atoms with Gasteiger partial charge in [0.05, 0.1) is 6.54 Å². The first-order valence-corrected chi connectivity index (χ1v) is 5.77. The average molecular weight is 250 g/mol. The van der Waals surface area contributed by atoms with Crippen LogP contribution in [0.15, 0.2) is 40.9 Å². The van der Waals surface area contributed by atoms with Gasteiger partial charge in [-0.05, 0) is 12.1 Å². The molecule has 88 valence electrons. The van der Waals surface area contributed by atoms with Gasteiger partial charge in [-0.25, -0.2) is 0 Å². The Balaban J connectivity index is 2.16. The normalized spacial score (nSPS) is 15.9. The summed E-state index contributed by atoms with van der Waals surface area (Å²) in [4.78, 5) is 24.6. The summed E-state index contributed by atoms with van der Waals surface area (Å²) in [6.07, 6.45) is 1.28. The number of aldehydes is 1. The van der Waals surface area contributed by atoms with Crippen LogP contribution in [-0.2, 0) is 4.79 Å². The highest BCUT2D eigenvalue weighted by Crippen LogP contribution is 2.21. The molecule has 4 heteroatoms. The van der Waals surface area contributed by atoms with Crippen LogP contribution in [0.2, 0.25) is 0 Å². The Morgan fingerprint density at radius 3 is 2.65 bits per heavy atom. The minimum absolute atomic E-state index is 0.0610. The van der Waals surface area contributed by atoms with E-state index in [4.69, 9.17) is 11.6 Å². The quantitative estimate of drug-likeness (QED) is 0.754. The summed E-state index contributed by atoms with van der Waals surface area (Å²) in [6.45, 7) is 0.861. The van der Waals surface area contributed by atoms with Crippen molar-refractivity contribution in [2.24, 2.45) is 0 Å². The maximum atomic E-state index is 12.1. The van der Waals surface area contributed by atoms with Crippen molar-refractivity contribution in [1.82, 2.24) is 4.90 Å². The van der Waals surface area contributed by atoms with Crippen LogP contribution < -0.4 is 0 Å². The largest absolute Gasteiger partial charge is 0.334 e. The molecule has 0 unspecified atom stereocenters. The molecule has 1 aromatic rings. The van der Waals surface area contributed by atoms with Crippen molar-refractivity contribution >= 4 is 23.8 Å². The summed E-state index contributed by atoms with van der Waals surface area (Å²) < 4.78 is 0. The molecule has 1 heterocycles. The fourth-order valence-electron chi connectivity index (χ4n) is 1.80. The average Bonchev–Trinajstić information content (AvgIpc) is 2.39. The van der Waals surface area contributed by atoms with Gasteiger partial charge in [0.25, 0.3) is 5.91 Å². The third-order valence-corrected chi connectivity index (χ3v) is 3.19. The van der Waals surface area contributed by atoms with Crippen molar-refractivity contribution in [2.45, 2.75) is 6.42 Å². The van der Waals surface area contributed by atoms with E-state index >= 15 is 0 Å². The maximum Gasteiger partial charge on any atom is 0.254 e. The number of rotatable bonds is 2. The summed E-state index contributed by atoms with van der Waals surface area (Å²) in [6, 6.07) is 9.04. The van der Waals surface area contributed by atoms with Gasteiger partial charge >= 0.3 is 0 Å². The van der Waals surface area contributed by atoms with Crippen LogP contribution >= 0.6 is 11.6 Å². The lowest BCUT2D eigenvalue weighted by Gasteiger charge is -2.27. The zero-order chi connectivity index (χ0) is 12.3. The monoisotopic (exact) mass is 249 g/mol. The lowest BCUT2D eigenvalue weighted by Crippen LogP contribution is -2.36. The zero-order valence-corrected chi connectivity index (χ0v) is 9.98. The van der Waals surface area contributed by atoms with Gasteiger partial charge < -0.3 is 4.90 Å². The minimum Gasteiger partial charge on any atom is -0.334 e. The van der Waals surface area contributed by atoms with Gasteiger partial charge in [-0.3, -0.25) is 9.59 Å². The molecule has 1 amide bonds. The van der Waals surface area contributed by atoms with Gasteiger partial charge in [-0.2, -0.15) is 0 Å². The molecule has 0 saturated heterocycles. The fraction of sp³-hybridized carbons (Fsp3) is 0.231. The summed E-state index contributed by atoms with van der Waals surface area (Å²) in [5, 5.41) is 0.567. The van der Waals surface area contributed by atoms with E-state index in [0.717, 1.165) is 6.29 Å². The van der Waals surface area contributed by atoms with E-state index in [1.54, 1.807) is 17.0 Å². The number of nitrogens with zero attached hydrogens (tertiary/aromatic N) is 1. The first kappa shape index (κ1) is 11.9. The van der Waals surface area contributed by atoms with Crippen LogP contribution in [0.4, 0.5) is 0 Å². The molecule has 0 N–H and O–H groups in total. The molecule has 2 rings (SSSR count). The second kappa shape index (κ2) is 5.15. The molecule has 0 aliphatic carbocycles. The molecular weight excluding hydrogens is 238 g/mol. The van der Waals surface area contributed by atoms with Crippen molar-refractivity contribution in [3.8, 4) is 0 Å². The Kier molecular flexibility index (Phi) is 3.59. The first-order chi connectivity index (χ1) is 8.22. The number of carbonyl (C=O) groups is 2. The Hall–Kier alpha value is -1.61. The summed E-state index contributed by atoms with van der Waals surface area (Å²) in [7, 11) is 0.